The van der Waals surface area contributed by atoms with Crippen molar-refractivity contribution in [3.63, 3.8) is 0 Å². The van der Waals surface area contributed by atoms with Crippen molar-refractivity contribution < 1.29 is 26.3 Å². The zero-order valence-electron chi connectivity index (χ0n) is 17.3. The van der Waals surface area contributed by atoms with Gasteiger partial charge in [0.1, 0.15) is 11.4 Å². The van der Waals surface area contributed by atoms with Crippen molar-refractivity contribution in [1.29, 1.82) is 0 Å². The molecule has 0 spiro atoms. The lowest BCUT2D eigenvalue weighted by Gasteiger charge is -2.08. The molecule has 0 atom stereocenters. The molecule has 188 valence electrons. The minimum Gasteiger partial charge on any atom is -0.223 e. The van der Waals surface area contributed by atoms with Crippen LogP contribution in [0.4, 0.5) is 26.3 Å². The predicted molar refractivity (Wildman–Crippen MR) is 133 cm³/mol. The van der Waals surface area contributed by atoms with E-state index in [2.05, 4.69) is 19.9 Å². The molecule has 0 aliphatic carbocycles. The number of hydrogen-bond donors (Lipinski definition) is 0. The van der Waals surface area contributed by atoms with Gasteiger partial charge in [0.25, 0.3) is 0 Å². The van der Waals surface area contributed by atoms with E-state index in [4.69, 9.17) is 34.8 Å². The van der Waals surface area contributed by atoms with Gasteiger partial charge < -0.3 is 0 Å². The summed E-state index contributed by atoms with van der Waals surface area (Å²) in [6.07, 6.45) is -9.04. The van der Waals surface area contributed by atoms with Gasteiger partial charge in [0, 0.05) is 43.8 Å². The van der Waals surface area contributed by atoms with Crippen LogP contribution in [-0.4, -0.2) is 19.9 Å². The first kappa shape index (κ1) is 28.4. The second kappa shape index (κ2) is 11.4. The SMILES string of the molecule is FC(F)(F)c1cc(-c2ccc(Cl)cc2)nc(Cl)n1.FC(F)(F)c1cc(-c2ccc(Cl)cc2)nc(I)n1. The average Bonchev–Trinajstić information content (AvgIpc) is 2.78. The Kier molecular flexibility index (Phi) is 9.02. The van der Waals surface area contributed by atoms with E-state index in [1.54, 1.807) is 71.1 Å². The molecule has 0 saturated carbocycles. The highest BCUT2D eigenvalue weighted by molar-refractivity contribution is 14.1. The second-order valence-corrected chi connectivity index (χ2v) is 9.00. The highest BCUT2D eigenvalue weighted by Crippen LogP contribution is 2.32. The molecule has 4 aromatic rings. The van der Waals surface area contributed by atoms with Crippen LogP contribution in [0.5, 0.6) is 0 Å². The molecule has 0 saturated heterocycles. The van der Waals surface area contributed by atoms with Crippen LogP contribution in [0.15, 0.2) is 60.7 Å². The van der Waals surface area contributed by atoms with Crippen molar-refractivity contribution in [2.24, 2.45) is 0 Å². The summed E-state index contributed by atoms with van der Waals surface area (Å²) in [5.74, 6) is 0. The number of benzene rings is 2. The highest BCUT2D eigenvalue weighted by Gasteiger charge is 2.34. The molecule has 2 aromatic carbocycles. The largest absolute Gasteiger partial charge is 0.433 e. The molecule has 0 fully saturated rings. The lowest BCUT2D eigenvalue weighted by atomic mass is 10.1. The number of halogens is 10. The lowest BCUT2D eigenvalue weighted by Crippen LogP contribution is -2.10. The van der Waals surface area contributed by atoms with E-state index < -0.39 is 29.0 Å². The monoisotopic (exact) mass is 676 g/mol. The molecular weight excluding hydrogens is 668 g/mol. The Labute approximate surface area is 228 Å². The summed E-state index contributed by atoms with van der Waals surface area (Å²) >= 11 is 18.6. The normalized spacial score (nSPS) is 11.6. The van der Waals surface area contributed by atoms with E-state index in [1.165, 1.54) is 0 Å². The van der Waals surface area contributed by atoms with Gasteiger partial charge in [-0.25, -0.2) is 19.9 Å². The Morgan fingerprint density at radius 3 is 1.36 bits per heavy atom. The van der Waals surface area contributed by atoms with Crippen molar-refractivity contribution in [1.82, 2.24) is 19.9 Å². The van der Waals surface area contributed by atoms with Gasteiger partial charge in [0.15, 0.2) is 3.83 Å². The molecule has 0 bridgehead atoms. The van der Waals surface area contributed by atoms with Crippen molar-refractivity contribution >= 4 is 57.4 Å². The van der Waals surface area contributed by atoms with Crippen LogP contribution in [0.25, 0.3) is 22.5 Å². The molecule has 0 aliphatic rings. The van der Waals surface area contributed by atoms with Gasteiger partial charge in [0.2, 0.25) is 5.28 Å². The van der Waals surface area contributed by atoms with Gasteiger partial charge >= 0.3 is 12.4 Å². The number of rotatable bonds is 2. The van der Waals surface area contributed by atoms with Crippen LogP contribution < -0.4 is 0 Å². The summed E-state index contributed by atoms with van der Waals surface area (Å²) in [4.78, 5) is 14.3. The third-order valence-electron chi connectivity index (χ3n) is 4.26. The lowest BCUT2D eigenvalue weighted by molar-refractivity contribution is -0.142. The van der Waals surface area contributed by atoms with E-state index in [0.717, 1.165) is 12.1 Å². The topological polar surface area (TPSA) is 51.6 Å². The van der Waals surface area contributed by atoms with E-state index in [0.29, 0.717) is 21.2 Å². The van der Waals surface area contributed by atoms with Crippen LogP contribution >= 0.6 is 57.4 Å². The van der Waals surface area contributed by atoms with Crippen molar-refractivity contribution in [2.75, 3.05) is 0 Å². The van der Waals surface area contributed by atoms with E-state index in [-0.39, 0.29) is 15.2 Å². The number of hydrogen-bond acceptors (Lipinski definition) is 4. The van der Waals surface area contributed by atoms with Gasteiger partial charge in [-0.3, -0.25) is 0 Å². The van der Waals surface area contributed by atoms with Crippen molar-refractivity contribution in [3.05, 3.63) is 91.2 Å². The molecule has 0 unspecified atom stereocenters. The molecule has 0 aliphatic heterocycles. The molecule has 0 radical (unpaired) electrons. The van der Waals surface area contributed by atoms with Crippen LogP contribution in [0, 0.1) is 3.83 Å². The fourth-order valence-corrected chi connectivity index (χ4v) is 3.62. The van der Waals surface area contributed by atoms with Crippen LogP contribution in [0.2, 0.25) is 15.3 Å². The standard InChI is InChI=1S/C11H5Cl2F3N2.C11H5ClF3IN2/c12-7-3-1-6(2-4-7)8-5-9(11(14,15)16)18-10(13)17-8;12-7-3-1-6(2-4-7)8-5-9(11(13,14)15)18-10(16)17-8/h2*1-5H. The molecule has 2 heterocycles. The Hall–Kier alpha value is -2.22. The first-order valence-corrected chi connectivity index (χ1v) is 11.7. The average molecular weight is 678 g/mol. The zero-order chi connectivity index (χ0) is 26.7. The van der Waals surface area contributed by atoms with Gasteiger partial charge in [-0.05, 0) is 48.0 Å². The van der Waals surface area contributed by atoms with Gasteiger partial charge in [-0.15, -0.1) is 0 Å². The second-order valence-electron chi connectivity index (χ2n) is 6.82. The first-order chi connectivity index (χ1) is 16.7. The molecule has 2 aromatic heterocycles. The Balaban J connectivity index is 0.000000201. The predicted octanol–water partition coefficient (Wildman–Crippen LogP) is 8.89. The van der Waals surface area contributed by atoms with E-state index in [1.807, 2.05) is 0 Å². The fraction of sp³-hybridized carbons (Fsp3) is 0.0909. The zero-order valence-corrected chi connectivity index (χ0v) is 21.8. The maximum atomic E-state index is 12.6. The van der Waals surface area contributed by atoms with Gasteiger partial charge in [-0.1, -0.05) is 47.5 Å². The molecule has 0 amide bonds. The molecule has 14 heteroatoms. The maximum Gasteiger partial charge on any atom is 0.433 e. The maximum absolute atomic E-state index is 12.6. The summed E-state index contributed by atoms with van der Waals surface area (Å²) in [6, 6.07) is 14.4. The Morgan fingerprint density at radius 2 is 0.944 bits per heavy atom. The van der Waals surface area contributed by atoms with Crippen LogP contribution in [-0.2, 0) is 12.4 Å². The van der Waals surface area contributed by atoms with Gasteiger partial charge in [0.05, 0.1) is 11.4 Å². The first-order valence-electron chi connectivity index (χ1n) is 9.48. The van der Waals surface area contributed by atoms with Crippen LogP contribution in [0.1, 0.15) is 11.4 Å². The van der Waals surface area contributed by atoms with Gasteiger partial charge in [-0.2, -0.15) is 26.3 Å². The summed E-state index contributed by atoms with van der Waals surface area (Å²) < 4.78 is 75.6. The third kappa shape index (κ3) is 7.89. The van der Waals surface area contributed by atoms with Crippen molar-refractivity contribution in [2.45, 2.75) is 12.4 Å². The molecule has 36 heavy (non-hydrogen) atoms. The third-order valence-corrected chi connectivity index (χ3v) is 5.41. The summed E-state index contributed by atoms with van der Waals surface area (Å²) in [6.45, 7) is 0. The number of alkyl halides is 6. The Bertz CT molecular complexity index is 1240. The summed E-state index contributed by atoms with van der Waals surface area (Å²) in [5.41, 5.74) is -0.670. The molecule has 4 nitrogen and oxygen atoms in total. The smallest absolute Gasteiger partial charge is 0.223 e. The van der Waals surface area contributed by atoms with Crippen LogP contribution in [0.3, 0.4) is 0 Å². The molecule has 0 N–H and O–H groups in total. The summed E-state index contributed by atoms with van der Waals surface area (Å²) in [7, 11) is 0. The summed E-state index contributed by atoms with van der Waals surface area (Å²) in [5, 5.41) is 0.545. The minimum atomic E-state index is -4.56. The highest BCUT2D eigenvalue weighted by atomic mass is 127. The van der Waals surface area contributed by atoms with Crippen molar-refractivity contribution in [3.8, 4) is 22.5 Å². The molecule has 4 rings (SSSR count). The van der Waals surface area contributed by atoms with E-state index >= 15 is 0 Å². The fourth-order valence-electron chi connectivity index (χ4n) is 2.66. The number of nitrogens with zero attached hydrogens (tertiary/aromatic N) is 4. The van der Waals surface area contributed by atoms with E-state index in [9.17, 15) is 26.3 Å². The quantitative estimate of drug-likeness (QED) is 0.121. The minimum absolute atomic E-state index is 0.0485. The number of aromatic nitrogens is 4. The molecular formula is C22H10Cl3F6IN4. The Morgan fingerprint density at radius 1 is 0.556 bits per heavy atom.